The number of halogens is 7. The van der Waals surface area contributed by atoms with Crippen LogP contribution in [0.3, 0.4) is 0 Å². The van der Waals surface area contributed by atoms with E-state index in [1.54, 1.807) is 24.8 Å². The first-order valence-corrected chi connectivity index (χ1v) is 33.7. The Bertz CT molecular complexity index is 4360. The molecule has 0 unspecified atom stereocenters. The minimum absolute atomic E-state index is 0. The number of fused-ring (bicyclic) bond motifs is 2. The third kappa shape index (κ3) is 23.5. The number of alkyl halides is 3. The summed E-state index contributed by atoms with van der Waals surface area (Å²) in [5.41, 5.74) is 8.40. The predicted molar refractivity (Wildman–Crippen MR) is 384 cm³/mol. The first kappa shape index (κ1) is 84.9. The van der Waals surface area contributed by atoms with E-state index in [-0.39, 0.29) is 61.9 Å². The molecule has 0 bridgehead atoms. The van der Waals surface area contributed by atoms with E-state index in [2.05, 4.69) is 188 Å². The van der Waals surface area contributed by atoms with E-state index in [1.165, 1.54) is 69.2 Å². The van der Waals surface area contributed by atoms with Crippen molar-refractivity contribution >= 4 is 53.0 Å². The molecule has 0 atom stereocenters. The fourth-order valence-electron chi connectivity index (χ4n) is 9.33. The van der Waals surface area contributed by atoms with Crippen molar-refractivity contribution in [2.24, 2.45) is 0 Å². The molecule has 2 radical (unpaired) electrons. The van der Waals surface area contributed by atoms with Crippen LogP contribution in [-0.4, -0.2) is 62.8 Å². The fraction of sp³-hybridized carbons (Fsp3) is 0.241. The Kier molecular flexibility index (Phi) is 31.3. The molecule has 2 N–H and O–H groups in total. The molecule has 0 aliphatic rings. The van der Waals surface area contributed by atoms with Gasteiger partial charge in [-0.2, -0.15) is 13.2 Å². The molecule has 12 aromatic rings. The number of rotatable bonds is 6. The number of thiophene rings is 2. The topological polar surface area (TPSA) is 149 Å². The molecule has 100 heavy (non-hydrogen) atoms. The number of aliphatic hydroxyl groups is 2. The molecular weight excluding hydrogens is 1700 g/mol. The quantitative estimate of drug-likeness (QED) is 0.0718. The fourth-order valence-corrected chi connectivity index (χ4v) is 11.5. The molecule has 12 rings (SSSR count). The monoisotopic (exact) mass is 1780 g/mol. The third-order valence-corrected chi connectivity index (χ3v) is 17.6. The van der Waals surface area contributed by atoms with Crippen LogP contribution in [0.5, 0.6) is 0 Å². The summed E-state index contributed by atoms with van der Waals surface area (Å²) >= 11 is 2.95. The van der Waals surface area contributed by atoms with Crippen molar-refractivity contribution in [2.75, 3.05) is 14.2 Å². The summed E-state index contributed by atoms with van der Waals surface area (Å²) in [6.45, 7) is 26.3. The number of hydrogen-bond acceptors (Lipinski definition) is 11. The smallest absolute Gasteiger partial charge is 0.485 e. The van der Waals surface area contributed by atoms with Crippen molar-refractivity contribution < 1.29 is 94.1 Å². The van der Waals surface area contributed by atoms with Crippen molar-refractivity contribution in [1.82, 2.24) is 19.9 Å². The second-order valence-corrected chi connectivity index (χ2v) is 29.5. The van der Waals surface area contributed by atoms with E-state index < -0.39 is 38.9 Å². The van der Waals surface area contributed by atoms with Gasteiger partial charge in [-0.15, -0.1) is 129 Å². The summed E-state index contributed by atoms with van der Waals surface area (Å²) in [6.07, 6.45) is 7.14. The zero-order valence-corrected chi connectivity index (χ0v) is 64.7. The van der Waals surface area contributed by atoms with Gasteiger partial charge in [-0.25, -0.2) is 26.0 Å². The van der Waals surface area contributed by atoms with Crippen LogP contribution in [0.4, 0.5) is 30.7 Å². The van der Waals surface area contributed by atoms with Crippen LogP contribution in [0, 0.1) is 41.5 Å². The SMILES string of the molecule is CC(C)(C)c1c[c-]c(-c2ccccn2)cc1.CC(C)(C)c1c[c-]c(-c2ccccn2)cc1.CC(C)(C)c1c[c-]c(-c2nccc3sc(-c4ccc(F)cc4F)cc23)cc1.CC(C)(C)c1ccc(-c2nccc3sc(-c4ccc(F)cc4F)cc23)cc1.CO.CO.O=S(=O)([O-])C(F)(F)F.[Ir].[Ir]. The molecule has 0 aliphatic heterocycles. The maximum atomic E-state index is 14.2. The zero-order chi connectivity index (χ0) is 72.6. The second-order valence-electron chi connectivity index (χ2n) is 26.0. The summed E-state index contributed by atoms with van der Waals surface area (Å²) < 4.78 is 116. The molecule has 6 aromatic heterocycles. The Morgan fingerprint density at radius 2 is 0.750 bits per heavy atom. The number of pyridine rings is 4. The summed E-state index contributed by atoms with van der Waals surface area (Å²) in [7, 11) is -4.09. The molecule has 0 spiro atoms. The number of hydrogen-bond donors (Lipinski definition) is 2. The summed E-state index contributed by atoms with van der Waals surface area (Å²) in [5, 5.41) is 15.9. The maximum absolute atomic E-state index is 14.2. The zero-order valence-electron chi connectivity index (χ0n) is 57.5. The molecule has 21 heteroatoms. The van der Waals surface area contributed by atoms with Gasteiger partial charge in [0.05, 0.1) is 5.69 Å². The molecule has 6 heterocycles. The average molecular weight is 1780 g/mol. The molecule has 6 aromatic carbocycles. The van der Waals surface area contributed by atoms with E-state index in [9.17, 15) is 30.7 Å². The van der Waals surface area contributed by atoms with Gasteiger partial charge < -0.3 is 29.7 Å². The van der Waals surface area contributed by atoms with Gasteiger partial charge in [0.25, 0.3) is 0 Å². The molecule has 0 saturated heterocycles. The van der Waals surface area contributed by atoms with Crippen LogP contribution in [0.25, 0.3) is 86.1 Å². The predicted octanol–water partition coefficient (Wildman–Crippen LogP) is 21.2. The first-order chi connectivity index (χ1) is 46.0. The maximum Gasteiger partial charge on any atom is 0.485 e. The Morgan fingerprint density at radius 3 is 1.06 bits per heavy atom. The Labute approximate surface area is 617 Å². The average Bonchev–Trinajstić information content (AvgIpc) is 1.58. The molecule has 0 amide bonds. The van der Waals surface area contributed by atoms with Gasteiger partial charge in [0.15, 0.2) is 10.1 Å². The van der Waals surface area contributed by atoms with Gasteiger partial charge in [-0.05, 0) is 110 Å². The van der Waals surface area contributed by atoms with E-state index in [4.69, 9.17) is 23.2 Å². The summed E-state index contributed by atoms with van der Waals surface area (Å²) in [6, 6.07) is 64.0. The standard InChI is InChI=1S/C23H19F2NS.C23H18F2NS.2C15H16N.CHF3O3S.2CH4O.2Ir/c2*1-23(2,3)15-6-4-14(5-7-15)22-18-13-21(27-20(18)10-11-26-22)17-9-8-16(24)12-19(17)25;2*1-15(2,3)13-9-7-12(8-10-13)14-6-4-5-11-16-14;2-1(3,4)8(5,6)7;2*1-2;;/h4-13H,1-3H3;4,6-13H,1-3H3;2*4-7,9-11H,1-3H3;(H,5,6,7);2*2H,1H3;;/q;3*-1;;;;;/p-1. The van der Waals surface area contributed by atoms with Crippen molar-refractivity contribution in [3.8, 4) is 65.9 Å². The number of nitrogens with zero attached hydrogens (tertiary/aromatic N) is 4. The van der Waals surface area contributed by atoms with Crippen LogP contribution >= 0.6 is 22.7 Å². The summed E-state index contributed by atoms with van der Waals surface area (Å²) in [5.74, 6) is -2.25. The summed E-state index contributed by atoms with van der Waals surface area (Å²) in [4.78, 5) is 19.2. The van der Waals surface area contributed by atoms with Crippen LogP contribution < -0.4 is 0 Å². The van der Waals surface area contributed by atoms with E-state index in [0.717, 1.165) is 101 Å². The van der Waals surface area contributed by atoms with Crippen LogP contribution in [-0.2, 0) is 72.0 Å². The minimum Gasteiger partial charge on any atom is -0.741 e. The number of aliphatic hydroxyl groups excluding tert-OH is 2. The largest absolute Gasteiger partial charge is 0.741 e. The van der Waals surface area contributed by atoms with Gasteiger partial charge in [0.1, 0.15) is 23.3 Å². The third-order valence-electron chi connectivity index (χ3n) is 14.8. The van der Waals surface area contributed by atoms with Crippen molar-refractivity contribution in [3.05, 3.63) is 264 Å². The minimum atomic E-state index is -6.09. The molecule has 9 nitrogen and oxygen atoms in total. The van der Waals surface area contributed by atoms with Gasteiger partial charge >= 0.3 is 5.51 Å². The first-order valence-electron chi connectivity index (χ1n) is 30.7. The van der Waals surface area contributed by atoms with Gasteiger partial charge in [0.2, 0.25) is 0 Å². The van der Waals surface area contributed by atoms with Gasteiger partial charge in [-0.1, -0.05) is 132 Å². The van der Waals surface area contributed by atoms with Crippen molar-refractivity contribution in [2.45, 2.75) is 110 Å². The Hall–Kier alpha value is -7.52. The Morgan fingerprint density at radius 1 is 0.410 bits per heavy atom. The number of aromatic nitrogens is 4. The van der Waals surface area contributed by atoms with Gasteiger partial charge in [0, 0.05) is 133 Å². The molecular formula is C79H77F7Ir2N4O5S3-4. The van der Waals surface area contributed by atoms with Crippen molar-refractivity contribution in [1.29, 1.82) is 0 Å². The van der Waals surface area contributed by atoms with Crippen LogP contribution in [0.2, 0.25) is 0 Å². The molecule has 0 aliphatic carbocycles. The second kappa shape index (κ2) is 36.9. The van der Waals surface area contributed by atoms with Crippen molar-refractivity contribution in [3.63, 3.8) is 0 Å². The van der Waals surface area contributed by atoms with E-state index in [0.29, 0.717) is 11.1 Å². The normalized spacial score (nSPS) is 11.3. The number of benzene rings is 6. The molecule has 0 fully saturated rings. The van der Waals surface area contributed by atoms with E-state index >= 15 is 0 Å². The molecule has 532 valence electrons. The Balaban J connectivity index is 0.000000273. The van der Waals surface area contributed by atoms with Gasteiger partial charge in [-0.3, -0.25) is 4.98 Å². The van der Waals surface area contributed by atoms with E-state index in [1.807, 2.05) is 72.8 Å². The van der Waals surface area contributed by atoms with Crippen LogP contribution in [0.15, 0.2) is 201 Å². The van der Waals surface area contributed by atoms with Crippen LogP contribution in [0.1, 0.15) is 105 Å². The molecule has 0 saturated carbocycles.